The lowest BCUT2D eigenvalue weighted by Gasteiger charge is -2.39. The van der Waals surface area contributed by atoms with Crippen LogP contribution in [0.1, 0.15) is 55.1 Å². The first-order chi connectivity index (χ1) is 15.4. The molecule has 0 aromatic carbocycles. The van der Waals surface area contributed by atoms with Gasteiger partial charge in [-0.25, -0.2) is 4.79 Å². The number of piperidine rings is 2. The summed E-state index contributed by atoms with van der Waals surface area (Å²) < 4.78 is 5.04. The van der Waals surface area contributed by atoms with Crippen molar-refractivity contribution in [3.8, 4) is 0 Å². The van der Waals surface area contributed by atoms with Crippen LogP contribution in [0.25, 0.3) is 0 Å². The second kappa shape index (κ2) is 11.4. The Kier molecular flexibility index (Phi) is 8.63. The zero-order valence-electron chi connectivity index (χ0n) is 18.5. The zero-order chi connectivity index (χ0) is 23.0. The molecule has 1 aromatic heterocycles. The zero-order valence-corrected chi connectivity index (χ0v) is 19.3. The highest BCUT2D eigenvalue weighted by atomic mass is 32.1. The predicted octanol–water partition coefficient (Wildman–Crippen LogP) is 1.69. The van der Waals surface area contributed by atoms with Gasteiger partial charge in [-0.05, 0) is 57.1 Å². The number of hydrogen-bond donors (Lipinski definition) is 3. The molecule has 3 rings (SSSR count). The van der Waals surface area contributed by atoms with Crippen molar-refractivity contribution in [1.82, 2.24) is 20.9 Å². The van der Waals surface area contributed by atoms with Gasteiger partial charge in [-0.2, -0.15) is 0 Å². The SMILES string of the molecule is CCOC(=O)N1CCC(NC(=O)C2(NC(=O)CCC(=O)c3cccs3)CCNCC2)CC1. The van der Waals surface area contributed by atoms with Crippen molar-refractivity contribution in [2.24, 2.45) is 0 Å². The average molecular weight is 465 g/mol. The van der Waals surface area contributed by atoms with Crippen LogP contribution in [0, 0.1) is 0 Å². The molecule has 3 N–H and O–H groups in total. The van der Waals surface area contributed by atoms with Gasteiger partial charge in [0.05, 0.1) is 11.5 Å². The molecule has 0 radical (unpaired) electrons. The lowest BCUT2D eigenvalue weighted by Crippen LogP contribution is -2.64. The van der Waals surface area contributed by atoms with Crippen molar-refractivity contribution < 1.29 is 23.9 Å². The van der Waals surface area contributed by atoms with E-state index in [2.05, 4.69) is 16.0 Å². The summed E-state index contributed by atoms with van der Waals surface area (Å²) in [7, 11) is 0. The molecule has 0 aliphatic carbocycles. The number of thiophene rings is 1. The second-order valence-electron chi connectivity index (χ2n) is 8.21. The molecule has 3 amide bonds. The van der Waals surface area contributed by atoms with Crippen molar-refractivity contribution in [3.05, 3.63) is 22.4 Å². The van der Waals surface area contributed by atoms with Crippen molar-refractivity contribution in [1.29, 1.82) is 0 Å². The maximum absolute atomic E-state index is 13.2. The first kappa shape index (κ1) is 24.2. The molecule has 0 bridgehead atoms. The number of likely N-dealkylation sites (tertiary alicyclic amines) is 1. The summed E-state index contributed by atoms with van der Waals surface area (Å²) in [5, 5.41) is 11.1. The van der Waals surface area contributed by atoms with E-state index in [4.69, 9.17) is 4.74 Å². The molecule has 2 aliphatic rings. The molecule has 0 saturated carbocycles. The summed E-state index contributed by atoms with van der Waals surface area (Å²) in [4.78, 5) is 52.3. The molecular formula is C22H32N4O5S. The van der Waals surface area contributed by atoms with Crippen LogP contribution in [-0.2, 0) is 14.3 Å². The van der Waals surface area contributed by atoms with Gasteiger partial charge in [0.1, 0.15) is 5.54 Å². The summed E-state index contributed by atoms with van der Waals surface area (Å²) in [5.74, 6) is -0.539. The smallest absolute Gasteiger partial charge is 0.409 e. The molecule has 9 nitrogen and oxygen atoms in total. The predicted molar refractivity (Wildman–Crippen MR) is 121 cm³/mol. The topological polar surface area (TPSA) is 117 Å². The first-order valence-electron chi connectivity index (χ1n) is 11.2. The van der Waals surface area contributed by atoms with Gasteiger partial charge in [-0.1, -0.05) is 6.07 Å². The number of nitrogens with one attached hydrogen (secondary N) is 3. The summed E-state index contributed by atoms with van der Waals surface area (Å²) in [6.07, 6.45) is 2.11. The quantitative estimate of drug-likeness (QED) is 0.504. The highest BCUT2D eigenvalue weighted by Gasteiger charge is 2.42. The van der Waals surface area contributed by atoms with E-state index in [1.54, 1.807) is 17.9 Å². The van der Waals surface area contributed by atoms with Crippen LogP contribution in [0.4, 0.5) is 4.79 Å². The minimum atomic E-state index is -0.980. The summed E-state index contributed by atoms with van der Waals surface area (Å²) in [6, 6.07) is 3.50. The lowest BCUT2D eigenvalue weighted by molar-refractivity contribution is -0.135. The number of ether oxygens (including phenoxy) is 1. The number of ketones is 1. The van der Waals surface area contributed by atoms with Gasteiger partial charge in [0, 0.05) is 32.0 Å². The minimum absolute atomic E-state index is 0.0527. The van der Waals surface area contributed by atoms with E-state index in [1.807, 2.05) is 11.4 Å². The molecule has 2 fully saturated rings. The van der Waals surface area contributed by atoms with E-state index in [-0.39, 0.29) is 42.6 Å². The number of carbonyl (C=O) groups excluding carboxylic acids is 4. The van der Waals surface area contributed by atoms with Crippen LogP contribution < -0.4 is 16.0 Å². The second-order valence-corrected chi connectivity index (χ2v) is 9.16. The average Bonchev–Trinajstić information content (AvgIpc) is 3.34. The van der Waals surface area contributed by atoms with E-state index in [9.17, 15) is 19.2 Å². The summed E-state index contributed by atoms with van der Waals surface area (Å²) in [5.41, 5.74) is -0.980. The van der Waals surface area contributed by atoms with Crippen molar-refractivity contribution in [3.63, 3.8) is 0 Å². The van der Waals surface area contributed by atoms with Crippen LogP contribution in [0.5, 0.6) is 0 Å². The molecule has 176 valence electrons. The molecule has 0 atom stereocenters. The Labute approximate surface area is 192 Å². The minimum Gasteiger partial charge on any atom is -0.450 e. The number of Topliss-reactive ketones (excluding diaryl/α,β-unsaturated/α-hetero) is 1. The maximum Gasteiger partial charge on any atom is 0.409 e. The standard InChI is InChI=1S/C22H32N4O5S/c1-2-31-21(30)26-13-7-16(8-14-26)24-20(29)22(9-11-23-12-10-22)25-19(28)6-5-17(27)18-4-3-15-32-18/h3-4,15-16,23H,2,5-14H2,1H3,(H,24,29)(H,25,28). The van der Waals surface area contributed by atoms with E-state index in [0.717, 1.165) is 0 Å². The molecule has 3 heterocycles. The fourth-order valence-electron chi connectivity index (χ4n) is 4.12. The van der Waals surface area contributed by atoms with Gasteiger partial charge in [0.25, 0.3) is 0 Å². The van der Waals surface area contributed by atoms with Crippen molar-refractivity contribution >= 4 is 35.0 Å². The third kappa shape index (κ3) is 6.29. The highest BCUT2D eigenvalue weighted by molar-refractivity contribution is 7.12. The first-order valence-corrected chi connectivity index (χ1v) is 12.1. The number of amides is 3. The number of carbonyl (C=O) groups is 4. The Hall–Kier alpha value is -2.46. The van der Waals surface area contributed by atoms with Crippen LogP contribution in [-0.4, -0.2) is 73.0 Å². The molecule has 2 aliphatic heterocycles. The summed E-state index contributed by atoms with van der Waals surface area (Å²) in [6.45, 7) is 4.41. The molecule has 0 spiro atoms. The van der Waals surface area contributed by atoms with Crippen molar-refractivity contribution in [2.45, 2.75) is 57.0 Å². The van der Waals surface area contributed by atoms with Crippen LogP contribution in [0.15, 0.2) is 17.5 Å². The van der Waals surface area contributed by atoms with Crippen LogP contribution in [0.3, 0.4) is 0 Å². The van der Waals surface area contributed by atoms with Crippen molar-refractivity contribution in [2.75, 3.05) is 32.8 Å². The van der Waals surface area contributed by atoms with E-state index in [0.29, 0.717) is 63.3 Å². The van der Waals surface area contributed by atoms with Crippen LogP contribution >= 0.6 is 11.3 Å². The Balaban J connectivity index is 1.53. The fraction of sp³-hybridized carbons (Fsp3) is 0.636. The Bertz CT molecular complexity index is 799. The van der Waals surface area contributed by atoms with Gasteiger partial charge < -0.3 is 25.6 Å². The Morgan fingerprint density at radius 3 is 2.53 bits per heavy atom. The monoisotopic (exact) mass is 464 g/mol. The maximum atomic E-state index is 13.2. The van der Waals surface area contributed by atoms with Crippen LogP contribution in [0.2, 0.25) is 0 Å². The van der Waals surface area contributed by atoms with Gasteiger partial charge in [-0.3, -0.25) is 14.4 Å². The van der Waals surface area contributed by atoms with Gasteiger partial charge in [0.2, 0.25) is 11.8 Å². The normalized spacial score (nSPS) is 18.6. The van der Waals surface area contributed by atoms with Gasteiger partial charge in [0.15, 0.2) is 5.78 Å². The Morgan fingerprint density at radius 1 is 1.19 bits per heavy atom. The Morgan fingerprint density at radius 2 is 1.91 bits per heavy atom. The van der Waals surface area contributed by atoms with Gasteiger partial charge in [-0.15, -0.1) is 11.3 Å². The number of rotatable bonds is 8. The highest BCUT2D eigenvalue weighted by Crippen LogP contribution is 2.21. The summed E-state index contributed by atoms with van der Waals surface area (Å²) >= 11 is 1.36. The molecular weight excluding hydrogens is 432 g/mol. The molecule has 32 heavy (non-hydrogen) atoms. The largest absolute Gasteiger partial charge is 0.450 e. The van der Waals surface area contributed by atoms with E-state index < -0.39 is 5.54 Å². The molecule has 10 heteroatoms. The molecule has 1 aromatic rings. The van der Waals surface area contributed by atoms with E-state index in [1.165, 1.54) is 11.3 Å². The van der Waals surface area contributed by atoms with Gasteiger partial charge >= 0.3 is 6.09 Å². The fourth-order valence-corrected chi connectivity index (χ4v) is 4.82. The third-order valence-electron chi connectivity index (χ3n) is 6.00. The van der Waals surface area contributed by atoms with E-state index >= 15 is 0 Å². The molecule has 0 unspecified atom stereocenters. The number of hydrogen-bond acceptors (Lipinski definition) is 7. The lowest BCUT2D eigenvalue weighted by atomic mass is 9.86. The number of nitrogens with zero attached hydrogens (tertiary/aromatic N) is 1. The molecule has 2 saturated heterocycles. The third-order valence-corrected chi connectivity index (χ3v) is 6.91.